The molecule has 0 aliphatic carbocycles. The minimum atomic E-state index is -0.493. The molecule has 4 heteroatoms. The molecule has 16 heavy (non-hydrogen) atoms. The van der Waals surface area contributed by atoms with Crippen LogP contribution in [0.25, 0.3) is 0 Å². The fourth-order valence-electron chi connectivity index (χ4n) is 1.04. The van der Waals surface area contributed by atoms with E-state index in [-0.39, 0.29) is 6.09 Å². The van der Waals surface area contributed by atoms with E-state index in [0.29, 0.717) is 12.2 Å². The Hall–Kier alpha value is -0.770. The molecule has 3 nitrogen and oxygen atoms in total. The molecule has 0 aromatic heterocycles. The van der Waals surface area contributed by atoms with Gasteiger partial charge in [0.1, 0.15) is 5.60 Å². The van der Waals surface area contributed by atoms with Crippen LogP contribution in [0.1, 0.15) is 34.6 Å². The summed E-state index contributed by atoms with van der Waals surface area (Å²) in [6.07, 6.45) is 1.47. The molecule has 0 rings (SSSR count). The van der Waals surface area contributed by atoms with Gasteiger partial charge in [-0.25, -0.2) is 4.79 Å². The summed E-state index contributed by atoms with van der Waals surface area (Å²) in [5, 5.41) is 0. The Morgan fingerprint density at radius 1 is 1.50 bits per heavy atom. The van der Waals surface area contributed by atoms with Gasteiger partial charge in [-0.15, -0.1) is 0 Å². The SMILES string of the molecule is C=C(/C(Br)=C\C)N(CC)C(=O)OC(C)(C)C. The highest BCUT2D eigenvalue weighted by Crippen LogP contribution is 2.21. The van der Waals surface area contributed by atoms with Crippen LogP contribution in [0.5, 0.6) is 0 Å². The smallest absolute Gasteiger partial charge is 0.414 e. The Balaban J connectivity index is 4.75. The molecule has 0 radical (unpaired) electrons. The quantitative estimate of drug-likeness (QED) is 0.734. The number of rotatable bonds is 3. The van der Waals surface area contributed by atoms with Crippen molar-refractivity contribution < 1.29 is 9.53 Å². The van der Waals surface area contributed by atoms with Crippen molar-refractivity contribution in [3.8, 4) is 0 Å². The van der Waals surface area contributed by atoms with Crippen LogP contribution < -0.4 is 0 Å². The summed E-state index contributed by atoms with van der Waals surface area (Å²) in [6, 6.07) is 0. The maximum absolute atomic E-state index is 11.8. The molecular formula is C12H20BrNO2. The Bertz CT molecular complexity index is 303. The summed E-state index contributed by atoms with van der Waals surface area (Å²) in [7, 11) is 0. The van der Waals surface area contributed by atoms with E-state index in [1.165, 1.54) is 4.90 Å². The summed E-state index contributed by atoms with van der Waals surface area (Å²) in [6.45, 7) is 13.7. The van der Waals surface area contributed by atoms with Crippen LogP contribution in [0, 0.1) is 0 Å². The standard InChI is InChI=1S/C12H20BrNO2/c1-7-10(13)9(3)14(8-2)11(15)16-12(4,5)6/h7H,3,8H2,1-2,4-6H3/b10-7+. The number of nitrogens with zero attached hydrogens (tertiary/aromatic N) is 1. The van der Waals surface area contributed by atoms with Crippen molar-refractivity contribution in [2.24, 2.45) is 0 Å². The maximum atomic E-state index is 11.8. The third-order valence-electron chi connectivity index (χ3n) is 1.79. The van der Waals surface area contributed by atoms with Crippen molar-refractivity contribution in [3.63, 3.8) is 0 Å². The van der Waals surface area contributed by atoms with E-state index in [4.69, 9.17) is 4.74 Å². The number of amides is 1. The largest absolute Gasteiger partial charge is 0.443 e. The van der Waals surface area contributed by atoms with Gasteiger partial charge in [-0.1, -0.05) is 12.7 Å². The van der Waals surface area contributed by atoms with Crippen molar-refractivity contribution in [2.45, 2.75) is 40.2 Å². The Morgan fingerprint density at radius 3 is 2.31 bits per heavy atom. The van der Waals surface area contributed by atoms with Crippen LogP contribution in [-0.2, 0) is 4.74 Å². The molecule has 0 unspecified atom stereocenters. The van der Waals surface area contributed by atoms with Crippen LogP contribution in [0.3, 0.4) is 0 Å². The lowest BCUT2D eigenvalue weighted by Gasteiger charge is -2.27. The lowest BCUT2D eigenvalue weighted by atomic mass is 10.2. The predicted molar refractivity (Wildman–Crippen MR) is 70.4 cm³/mol. The first-order valence-electron chi connectivity index (χ1n) is 5.24. The van der Waals surface area contributed by atoms with Gasteiger partial charge in [0, 0.05) is 11.0 Å². The highest BCUT2D eigenvalue weighted by Gasteiger charge is 2.23. The molecule has 0 saturated heterocycles. The monoisotopic (exact) mass is 289 g/mol. The number of hydrogen-bond donors (Lipinski definition) is 0. The van der Waals surface area contributed by atoms with Crippen molar-refractivity contribution in [1.29, 1.82) is 0 Å². The number of carbonyl (C=O) groups is 1. The van der Waals surface area contributed by atoms with E-state index in [1.807, 2.05) is 40.7 Å². The first-order valence-corrected chi connectivity index (χ1v) is 6.03. The van der Waals surface area contributed by atoms with Crippen molar-refractivity contribution in [1.82, 2.24) is 4.90 Å². The number of hydrogen-bond acceptors (Lipinski definition) is 2. The summed E-state index contributed by atoms with van der Waals surface area (Å²) >= 11 is 3.34. The fraction of sp³-hybridized carbons (Fsp3) is 0.583. The second kappa shape index (κ2) is 6.09. The predicted octanol–water partition coefficient (Wildman–Crippen LogP) is 4.06. The number of halogens is 1. The third-order valence-corrected chi connectivity index (χ3v) is 2.70. The average Bonchev–Trinajstić information content (AvgIpc) is 2.14. The summed E-state index contributed by atoms with van der Waals surface area (Å²) in [5.41, 5.74) is 0.118. The van der Waals surface area contributed by atoms with E-state index in [9.17, 15) is 4.79 Å². The van der Waals surface area contributed by atoms with Crippen molar-refractivity contribution in [3.05, 3.63) is 22.8 Å². The third kappa shape index (κ3) is 4.84. The van der Waals surface area contributed by atoms with Gasteiger partial charge in [0.25, 0.3) is 0 Å². The minimum Gasteiger partial charge on any atom is -0.443 e. The van der Waals surface area contributed by atoms with Gasteiger partial charge in [0.15, 0.2) is 0 Å². The van der Waals surface area contributed by atoms with E-state index >= 15 is 0 Å². The van der Waals surface area contributed by atoms with Crippen LogP contribution >= 0.6 is 15.9 Å². The highest BCUT2D eigenvalue weighted by atomic mass is 79.9. The van der Waals surface area contributed by atoms with E-state index < -0.39 is 5.60 Å². The zero-order valence-electron chi connectivity index (χ0n) is 10.6. The molecule has 0 aliphatic rings. The highest BCUT2D eigenvalue weighted by molar-refractivity contribution is 9.11. The molecule has 0 aromatic rings. The van der Waals surface area contributed by atoms with Crippen molar-refractivity contribution >= 4 is 22.0 Å². The number of allylic oxidation sites excluding steroid dienone is 2. The molecule has 0 fully saturated rings. The van der Waals surface area contributed by atoms with E-state index in [1.54, 1.807) is 0 Å². The summed E-state index contributed by atoms with van der Waals surface area (Å²) < 4.78 is 6.08. The van der Waals surface area contributed by atoms with Gasteiger partial charge in [0.2, 0.25) is 0 Å². The van der Waals surface area contributed by atoms with E-state index in [2.05, 4.69) is 22.5 Å². The van der Waals surface area contributed by atoms with Crippen LogP contribution in [0.2, 0.25) is 0 Å². The molecule has 0 spiro atoms. The van der Waals surface area contributed by atoms with Crippen LogP contribution in [-0.4, -0.2) is 23.1 Å². The van der Waals surface area contributed by atoms with Gasteiger partial charge in [-0.05, 0) is 50.5 Å². The van der Waals surface area contributed by atoms with Crippen molar-refractivity contribution in [2.75, 3.05) is 6.54 Å². The Labute approximate surface area is 106 Å². The van der Waals surface area contributed by atoms with Gasteiger partial charge >= 0.3 is 6.09 Å². The summed E-state index contributed by atoms with van der Waals surface area (Å²) in [5.74, 6) is 0. The average molecular weight is 290 g/mol. The minimum absolute atomic E-state index is 0.376. The zero-order chi connectivity index (χ0) is 12.9. The molecule has 0 N–H and O–H groups in total. The van der Waals surface area contributed by atoms with Gasteiger partial charge in [-0.2, -0.15) is 0 Å². The number of carbonyl (C=O) groups excluding carboxylic acids is 1. The Kier molecular flexibility index (Phi) is 5.79. The number of ether oxygens (including phenoxy) is 1. The van der Waals surface area contributed by atoms with Crippen LogP contribution in [0.15, 0.2) is 22.8 Å². The number of likely N-dealkylation sites (N-methyl/N-ethyl adjacent to an activating group) is 1. The van der Waals surface area contributed by atoms with Gasteiger partial charge in [-0.3, -0.25) is 4.90 Å². The second-order valence-corrected chi connectivity index (χ2v) is 5.16. The van der Waals surface area contributed by atoms with Gasteiger partial charge < -0.3 is 4.74 Å². The topological polar surface area (TPSA) is 29.5 Å². The van der Waals surface area contributed by atoms with Gasteiger partial charge in [0.05, 0.1) is 5.70 Å². The Morgan fingerprint density at radius 2 is 2.00 bits per heavy atom. The molecule has 0 heterocycles. The summed E-state index contributed by atoms with van der Waals surface area (Å²) in [4.78, 5) is 13.3. The first kappa shape index (κ1) is 15.2. The van der Waals surface area contributed by atoms with E-state index in [0.717, 1.165) is 4.48 Å². The fourth-order valence-corrected chi connectivity index (χ4v) is 1.26. The molecule has 0 saturated carbocycles. The molecule has 0 bridgehead atoms. The lowest BCUT2D eigenvalue weighted by Crippen LogP contribution is -2.36. The second-order valence-electron chi connectivity index (χ2n) is 4.31. The molecule has 1 amide bonds. The lowest BCUT2D eigenvalue weighted by molar-refractivity contribution is 0.0328. The molecule has 0 aromatic carbocycles. The normalized spacial score (nSPS) is 12.2. The molecule has 0 atom stereocenters. The molecule has 92 valence electrons. The first-order chi connectivity index (χ1) is 7.22. The maximum Gasteiger partial charge on any atom is 0.414 e. The molecule has 0 aliphatic heterocycles. The zero-order valence-corrected chi connectivity index (χ0v) is 12.2. The molecular weight excluding hydrogens is 270 g/mol. The van der Waals surface area contributed by atoms with Crippen LogP contribution in [0.4, 0.5) is 4.79 Å².